The van der Waals surface area contributed by atoms with E-state index in [0.717, 1.165) is 52.7 Å². The Morgan fingerprint density at radius 2 is 1.62 bits per heavy atom. The molecule has 0 spiro atoms. The summed E-state index contributed by atoms with van der Waals surface area (Å²) < 4.78 is 17.3. The fraction of sp³-hybridized carbons (Fsp3) is 0.355. The number of hydrogen-bond acceptors (Lipinski definition) is 6. The molecule has 0 N–H and O–H groups in total. The Hall–Kier alpha value is -3.49. The molecule has 1 heterocycles. The van der Waals surface area contributed by atoms with Gasteiger partial charge in [-0.1, -0.05) is 42.5 Å². The van der Waals surface area contributed by atoms with Gasteiger partial charge < -0.3 is 23.6 Å². The Bertz CT molecular complexity index is 1290. The van der Waals surface area contributed by atoms with Gasteiger partial charge in [-0.15, -0.1) is 11.8 Å². The van der Waals surface area contributed by atoms with Crippen LogP contribution in [0, 0.1) is 0 Å². The molecule has 0 radical (unpaired) electrons. The van der Waals surface area contributed by atoms with Crippen molar-refractivity contribution >= 4 is 29.3 Å². The second kappa shape index (κ2) is 12.6. The molecule has 1 aliphatic heterocycles. The Balaban J connectivity index is 1.59. The van der Waals surface area contributed by atoms with Gasteiger partial charge in [0.25, 0.3) is 5.91 Å². The van der Waals surface area contributed by atoms with Gasteiger partial charge in [0.05, 0.1) is 58.9 Å². The number of para-hydroxylation sites is 2. The summed E-state index contributed by atoms with van der Waals surface area (Å²) >= 11 is 1.55. The number of thioether (sulfide) groups is 1. The molecule has 2 atom stereocenters. The fourth-order valence-corrected chi connectivity index (χ4v) is 6.07. The van der Waals surface area contributed by atoms with E-state index in [1.54, 1.807) is 30.9 Å². The van der Waals surface area contributed by atoms with Crippen molar-refractivity contribution in [1.29, 1.82) is 0 Å². The highest BCUT2D eigenvalue weighted by Crippen LogP contribution is 2.46. The Morgan fingerprint density at radius 3 is 2.31 bits per heavy atom. The SMILES string of the molecule is COc1ccc([C@@H]2Sc3ccccc3N(CC[N+](C)(C)CCc3ccccc3OC)C(=O)[C@@H]2OC(C)=O)cc1. The van der Waals surface area contributed by atoms with Gasteiger partial charge in [-0.05, 0) is 41.5 Å². The quantitative estimate of drug-likeness (QED) is 0.258. The van der Waals surface area contributed by atoms with Gasteiger partial charge in [-0.2, -0.15) is 0 Å². The summed E-state index contributed by atoms with van der Waals surface area (Å²) in [5.41, 5.74) is 2.89. The van der Waals surface area contributed by atoms with Crippen molar-refractivity contribution in [2.24, 2.45) is 0 Å². The molecule has 7 nitrogen and oxygen atoms in total. The summed E-state index contributed by atoms with van der Waals surface area (Å²) in [5, 5.41) is -0.397. The summed E-state index contributed by atoms with van der Waals surface area (Å²) in [6, 6.07) is 23.6. The minimum atomic E-state index is -0.961. The molecule has 0 aliphatic carbocycles. The highest BCUT2D eigenvalue weighted by atomic mass is 32.2. The van der Waals surface area contributed by atoms with Crippen molar-refractivity contribution in [3.05, 3.63) is 83.9 Å². The number of nitrogens with zero attached hydrogens (tertiary/aromatic N) is 2. The molecule has 0 saturated heterocycles. The van der Waals surface area contributed by atoms with Crippen LogP contribution in [0.3, 0.4) is 0 Å². The zero-order valence-electron chi connectivity index (χ0n) is 23.3. The van der Waals surface area contributed by atoms with E-state index in [2.05, 4.69) is 20.2 Å². The molecule has 0 unspecified atom stereocenters. The molecule has 0 bridgehead atoms. The van der Waals surface area contributed by atoms with Crippen molar-refractivity contribution < 1.29 is 28.3 Å². The summed E-state index contributed by atoms with van der Waals surface area (Å²) in [6.07, 6.45) is -0.106. The first kappa shape index (κ1) is 28.5. The minimum Gasteiger partial charge on any atom is -0.497 e. The van der Waals surface area contributed by atoms with Crippen molar-refractivity contribution in [3.8, 4) is 11.5 Å². The number of anilines is 1. The lowest BCUT2D eigenvalue weighted by molar-refractivity contribution is -0.888. The van der Waals surface area contributed by atoms with Crippen LogP contribution in [0.15, 0.2) is 77.7 Å². The van der Waals surface area contributed by atoms with Gasteiger partial charge >= 0.3 is 5.97 Å². The number of methoxy groups -OCH3 is 2. The van der Waals surface area contributed by atoms with Gasteiger partial charge in [-0.25, -0.2) is 0 Å². The number of carbonyl (C=O) groups is 2. The van der Waals surface area contributed by atoms with E-state index in [1.165, 1.54) is 6.92 Å². The molecule has 0 fully saturated rings. The van der Waals surface area contributed by atoms with E-state index in [4.69, 9.17) is 14.2 Å². The highest BCUT2D eigenvalue weighted by Gasteiger charge is 2.41. The number of likely N-dealkylation sites (N-methyl/N-ethyl adjacent to an activating group) is 1. The van der Waals surface area contributed by atoms with Crippen LogP contribution >= 0.6 is 11.8 Å². The summed E-state index contributed by atoms with van der Waals surface area (Å²) in [4.78, 5) is 29.1. The van der Waals surface area contributed by atoms with Gasteiger partial charge in [-0.3, -0.25) is 9.59 Å². The first-order valence-electron chi connectivity index (χ1n) is 13.0. The molecule has 39 heavy (non-hydrogen) atoms. The molecule has 1 aliphatic rings. The average Bonchev–Trinajstić information content (AvgIpc) is 3.05. The molecule has 3 aromatic rings. The number of benzene rings is 3. The number of fused-ring (bicyclic) bond motifs is 1. The van der Waals surface area contributed by atoms with E-state index in [-0.39, 0.29) is 5.91 Å². The maximum absolute atomic E-state index is 14.1. The predicted molar refractivity (Wildman–Crippen MR) is 154 cm³/mol. The molecule has 206 valence electrons. The van der Waals surface area contributed by atoms with Crippen molar-refractivity contribution in [2.75, 3.05) is 52.8 Å². The third-order valence-corrected chi connectivity index (χ3v) is 8.41. The molecule has 4 rings (SSSR count). The summed E-state index contributed by atoms with van der Waals surface area (Å²) in [5.74, 6) is 0.919. The van der Waals surface area contributed by atoms with Crippen LogP contribution in [0.5, 0.6) is 11.5 Å². The normalized spacial score (nSPS) is 17.3. The van der Waals surface area contributed by atoms with Gasteiger partial charge in [0.1, 0.15) is 11.5 Å². The lowest BCUT2D eigenvalue weighted by atomic mass is 10.1. The van der Waals surface area contributed by atoms with Crippen LogP contribution in [0.25, 0.3) is 0 Å². The molecule has 0 saturated carbocycles. The molecule has 0 aromatic heterocycles. The van der Waals surface area contributed by atoms with Crippen molar-refractivity contribution in [1.82, 2.24) is 0 Å². The zero-order chi connectivity index (χ0) is 28.0. The third-order valence-electron chi connectivity index (χ3n) is 7.04. The highest BCUT2D eigenvalue weighted by molar-refractivity contribution is 7.99. The van der Waals surface area contributed by atoms with Crippen LogP contribution in [0.2, 0.25) is 0 Å². The maximum atomic E-state index is 14.1. The Kier molecular flexibility index (Phi) is 9.20. The number of quaternary nitrogens is 1. The second-order valence-electron chi connectivity index (χ2n) is 10.2. The molecule has 8 heteroatoms. The number of amides is 1. The van der Waals surface area contributed by atoms with Crippen LogP contribution in [-0.2, 0) is 20.7 Å². The van der Waals surface area contributed by atoms with Crippen LogP contribution in [-0.4, -0.2) is 70.4 Å². The lowest BCUT2D eigenvalue weighted by Gasteiger charge is -2.34. The predicted octanol–water partition coefficient (Wildman–Crippen LogP) is 5.13. The van der Waals surface area contributed by atoms with Gasteiger partial charge in [0.2, 0.25) is 0 Å². The Morgan fingerprint density at radius 1 is 0.923 bits per heavy atom. The lowest BCUT2D eigenvalue weighted by Crippen LogP contribution is -2.50. The van der Waals surface area contributed by atoms with Gasteiger partial charge in [0.15, 0.2) is 6.10 Å². The average molecular weight is 550 g/mol. The zero-order valence-corrected chi connectivity index (χ0v) is 24.1. The van der Waals surface area contributed by atoms with Crippen molar-refractivity contribution in [2.45, 2.75) is 29.6 Å². The third kappa shape index (κ3) is 6.94. The maximum Gasteiger partial charge on any atom is 0.303 e. The molecular weight excluding hydrogens is 512 g/mol. The number of esters is 1. The first-order valence-corrected chi connectivity index (χ1v) is 13.9. The van der Waals surface area contributed by atoms with Gasteiger partial charge in [0, 0.05) is 18.2 Å². The fourth-order valence-electron chi connectivity index (χ4n) is 4.75. The van der Waals surface area contributed by atoms with Crippen LogP contribution in [0.1, 0.15) is 23.3 Å². The van der Waals surface area contributed by atoms with E-state index < -0.39 is 17.3 Å². The largest absolute Gasteiger partial charge is 0.497 e. The summed E-state index contributed by atoms with van der Waals surface area (Å²) in [7, 11) is 7.65. The topological polar surface area (TPSA) is 65.1 Å². The molecular formula is C31H37N2O5S+. The van der Waals surface area contributed by atoms with Crippen LogP contribution in [0.4, 0.5) is 5.69 Å². The van der Waals surface area contributed by atoms with Crippen molar-refractivity contribution in [3.63, 3.8) is 0 Å². The first-order chi connectivity index (χ1) is 18.7. The number of hydrogen-bond donors (Lipinski definition) is 0. The standard InChI is InChI=1S/C31H37N2O5S/c1-22(34)38-29-30(24-14-16-25(36-4)17-15-24)39-28-13-9-7-11-26(28)32(31(29)35)19-21-33(2,3)20-18-23-10-6-8-12-27(23)37-5/h6-17,29-30H,18-21H2,1-5H3/q+1/t29-,30+/m1/s1. The molecule has 1 amide bonds. The van der Waals surface area contributed by atoms with E-state index >= 15 is 0 Å². The second-order valence-corrected chi connectivity index (χ2v) is 11.4. The minimum absolute atomic E-state index is 0.215. The number of ether oxygens (including phenoxy) is 3. The smallest absolute Gasteiger partial charge is 0.303 e. The van der Waals surface area contributed by atoms with E-state index in [0.29, 0.717) is 11.0 Å². The number of rotatable bonds is 10. The Labute approximate surface area is 235 Å². The monoisotopic (exact) mass is 549 g/mol. The van der Waals surface area contributed by atoms with E-state index in [9.17, 15) is 9.59 Å². The van der Waals surface area contributed by atoms with Crippen LogP contribution < -0.4 is 14.4 Å². The molecule has 3 aromatic carbocycles. The van der Waals surface area contributed by atoms with E-state index in [1.807, 2.05) is 66.7 Å². The number of carbonyl (C=O) groups excluding carboxylic acids is 2. The summed E-state index contributed by atoms with van der Waals surface area (Å²) in [6.45, 7) is 3.44.